The van der Waals surface area contributed by atoms with E-state index in [1.807, 2.05) is 6.92 Å². The van der Waals surface area contributed by atoms with E-state index in [4.69, 9.17) is 4.74 Å². The summed E-state index contributed by atoms with van der Waals surface area (Å²) in [4.78, 5) is 15.3. The fourth-order valence-electron chi connectivity index (χ4n) is 2.06. The van der Waals surface area contributed by atoms with Crippen molar-refractivity contribution in [3.8, 4) is 5.75 Å². The first kappa shape index (κ1) is 12.6. The Kier molecular flexibility index (Phi) is 3.36. The number of ether oxygens (including phenoxy) is 1. The maximum atomic E-state index is 13.7. The number of rotatable bonds is 3. The van der Waals surface area contributed by atoms with E-state index in [-0.39, 0.29) is 11.2 Å². The number of halogens is 1. The second-order valence-corrected chi connectivity index (χ2v) is 4.17. The minimum absolute atomic E-state index is 0.0680. The molecule has 96 valence electrons. The highest BCUT2D eigenvalue weighted by Gasteiger charge is 2.11. The van der Waals surface area contributed by atoms with Crippen molar-refractivity contribution in [2.75, 3.05) is 6.61 Å². The molecule has 1 heterocycles. The van der Waals surface area contributed by atoms with E-state index in [0.717, 1.165) is 5.69 Å². The number of hydrogen-bond donors (Lipinski definition) is 1. The zero-order valence-electron chi connectivity index (χ0n) is 10.8. The number of pyridine rings is 1. The lowest BCUT2D eigenvalue weighted by Crippen LogP contribution is -2.12. The molecule has 0 aliphatic heterocycles. The fourth-order valence-corrected chi connectivity index (χ4v) is 2.06. The molecule has 0 aliphatic carbocycles. The summed E-state index contributed by atoms with van der Waals surface area (Å²) in [5.74, 6) is -0.329. The van der Waals surface area contributed by atoms with Crippen LogP contribution in [0, 0.1) is 12.7 Å². The first-order valence-electron chi connectivity index (χ1n) is 6.06. The summed E-state index contributed by atoms with van der Waals surface area (Å²) >= 11 is 0. The van der Waals surface area contributed by atoms with Crippen LogP contribution in [-0.2, 0) is 6.42 Å². The SMILES string of the molecule is CCOc1cc2c(=O)c(C)c(CC)[nH]c2cc1F. The molecule has 0 amide bonds. The van der Waals surface area contributed by atoms with Crippen LogP contribution in [0.2, 0.25) is 0 Å². The van der Waals surface area contributed by atoms with E-state index in [2.05, 4.69) is 4.98 Å². The average Bonchev–Trinajstić information content (AvgIpc) is 2.36. The molecular formula is C14H16FNO2. The molecule has 0 unspecified atom stereocenters. The molecule has 0 saturated heterocycles. The predicted molar refractivity (Wildman–Crippen MR) is 69.8 cm³/mol. The highest BCUT2D eigenvalue weighted by molar-refractivity contribution is 5.81. The summed E-state index contributed by atoms with van der Waals surface area (Å²) in [6, 6.07) is 2.79. The zero-order chi connectivity index (χ0) is 13.3. The zero-order valence-corrected chi connectivity index (χ0v) is 10.8. The van der Waals surface area contributed by atoms with Crippen LogP contribution in [0.3, 0.4) is 0 Å². The molecule has 18 heavy (non-hydrogen) atoms. The molecule has 4 heteroatoms. The maximum absolute atomic E-state index is 13.7. The van der Waals surface area contributed by atoms with Crippen molar-refractivity contribution in [2.45, 2.75) is 27.2 Å². The van der Waals surface area contributed by atoms with Crippen LogP contribution < -0.4 is 10.2 Å². The second kappa shape index (κ2) is 4.80. The van der Waals surface area contributed by atoms with Crippen LogP contribution in [-0.4, -0.2) is 11.6 Å². The van der Waals surface area contributed by atoms with Crippen LogP contribution in [0.4, 0.5) is 4.39 Å². The van der Waals surface area contributed by atoms with Gasteiger partial charge in [0.2, 0.25) is 0 Å². The van der Waals surface area contributed by atoms with Crippen molar-refractivity contribution in [2.24, 2.45) is 0 Å². The number of aromatic nitrogens is 1. The van der Waals surface area contributed by atoms with Crippen LogP contribution in [0.1, 0.15) is 25.1 Å². The number of H-pyrrole nitrogens is 1. The maximum Gasteiger partial charge on any atom is 0.192 e. The van der Waals surface area contributed by atoms with Crippen molar-refractivity contribution in [1.82, 2.24) is 4.98 Å². The van der Waals surface area contributed by atoms with Gasteiger partial charge in [-0.2, -0.15) is 0 Å². The highest BCUT2D eigenvalue weighted by Crippen LogP contribution is 2.23. The van der Waals surface area contributed by atoms with Crippen LogP contribution in [0.5, 0.6) is 5.75 Å². The van der Waals surface area contributed by atoms with Crippen LogP contribution >= 0.6 is 0 Å². The third-order valence-electron chi connectivity index (χ3n) is 3.05. The van der Waals surface area contributed by atoms with E-state index in [1.165, 1.54) is 12.1 Å². The molecule has 0 atom stereocenters. The van der Waals surface area contributed by atoms with Crippen molar-refractivity contribution >= 4 is 10.9 Å². The molecular weight excluding hydrogens is 233 g/mol. The van der Waals surface area contributed by atoms with Gasteiger partial charge < -0.3 is 9.72 Å². The highest BCUT2D eigenvalue weighted by atomic mass is 19.1. The summed E-state index contributed by atoms with van der Waals surface area (Å²) in [6.07, 6.45) is 0.714. The molecule has 0 spiro atoms. The Labute approximate surface area is 105 Å². The second-order valence-electron chi connectivity index (χ2n) is 4.17. The number of aromatic amines is 1. The largest absolute Gasteiger partial charge is 0.491 e. The summed E-state index contributed by atoms with van der Waals surface area (Å²) < 4.78 is 18.9. The summed E-state index contributed by atoms with van der Waals surface area (Å²) in [5.41, 5.74) is 1.97. The van der Waals surface area contributed by atoms with E-state index >= 15 is 0 Å². The van der Waals surface area contributed by atoms with Gasteiger partial charge in [-0.1, -0.05) is 6.92 Å². The van der Waals surface area contributed by atoms with Crippen molar-refractivity contribution < 1.29 is 9.13 Å². The third-order valence-corrected chi connectivity index (χ3v) is 3.05. The summed E-state index contributed by atoms with van der Waals surface area (Å²) in [7, 11) is 0. The average molecular weight is 249 g/mol. The summed E-state index contributed by atoms with van der Waals surface area (Å²) in [6.45, 7) is 5.88. The Bertz CT molecular complexity index is 646. The van der Waals surface area contributed by atoms with Gasteiger partial charge in [0.25, 0.3) is 0 Å². The van der Waals surface area contributed by atoms with Crippen molar-refractivity contribution in [3.63, 3.8) is 0 Å². The molecule has 3 nitrogen and oxygen atoms in total. The Morgan fingerprint density at radius 2 is 2.06 bits per heavy atom. The molecule has 1 aromatic carbocycles. The van der Waals surface area contributed by atoms with E-state index in [0.29, 0.717) is 29.5 Å². The van der Waals surface area contributed by atoms with Crippen LogP contribution in [0.15, 0.2) is 16.9 Å². The molecule has 0 radical (unpaired) electrons. The quantitative estimate of drug-likeness (QED) is 0.908. The Morgan fingerprint density at radius 1 is 1.33 bits per heavy atom. The molecule has 0 bridgehead atoms. The van der Waals surface area contributed by atoms with Gasteiger partial charge in [-0.15, -0.1) is 0 Å². The lowest BCUT2D eigenvalue weighted by molar-refractivity contribution is 0.322. The minimum atomic E-state index is -0.453. The number of aryl methyl sites for hydroxylation is 1. The van der Waals surface area contributed by atoms with Gasteiger partial charge in [-0.05, 0) is 26.3 Å². The Balaban J connectivity index is 2.78. The first-order valence-corrected chi connectivity index (χ1v) is 6.06. The molecule has 2 rings (SSSR count). The van der Waals surface area contributed by atoms with Gasteiger partial charge in [-0.25, -0.2) is 4.39 Å². The number of hydrogen-bond acceptors (Lipinski definition) is 2. The van der Waals surface area contributed by atoms with Crippen molar-refractivity contribution in [3.05, 3.63) is 39.4 Å². The van der Waals surface area contributed by atoms with Gasteiger partial charge in [0.15, 0.2) is 17.0 Å². The van der Waals surface area contributed by atoms with Gasteiger partial charge in [0, 0.05) is 22.7 Å². The minimum Gasteiger partial charge on any atom is -0.491 e. The molecule has 1 N–H and O–H groups in total. The van der Waals surface area contributed by atoms with E-state index in [9.17, 15) is 9.18 Å². The number of benzene rings is 1. The van der Waals surface area contributed by atoms with E-state index < -0.39 is 5.82 Å². The van der Waals surface area contributed by atoms with Crippen molar-refractivity contribution in [1.29, 1.82) is 0 Å². The lowest BCUT2D eigenvalue weighted by atomic mass is 10.1. The Hall–Kier alpha value is -1.84. The summed E-state index contributed by atoms with van der Waals surface area (Å²) in [5, 5.41) is 0.467. The lowest BCUT2D eigenvalue weighted by Gasteiger charge is -2.09. The fraction of sp³-hybridized carbons (Fsp3) is 0.357. The number of fused-ring (bicyclic) bond motifs is 1. The Morgan fingerprint density at radius 3 is 2.67 bits per heavy atom. The monoisotopic (exact) mass is 249 g/mol. The van der Waals surface area contributed by atoms with Gasteiger partial charge in [0.05, 0.1) is 12.1 Å². The smallest absolute Gasteiger partial charge is 0.192 e. The molecule has 0 aliphatic rings. The first-order chi connectivity index (χ1) is 8.58. The molecule has 0 fully saturated rings. The normalized spacial score (nSPS) is 10.9. The number of nitrogens with one attached hydrogen (secondary N) is 1. The van der Waals surface area contributed by atoms with Crippen LogP contribution in [0.25, 0.3) is 10.9 Å². The molecule has 1 aromatic heterocycles. The molecule has 2 aromatic rings. The topological polar surface area (TPSA) is 42.1 Å². The molecule has 0 saturated carbocycles. The van der Waals surface area contributed by atoms with Gasteiger partial charge in [-0.3, -0.25) is 4.79 Å². The standard InChI is InChI=1S/C14H16FNO2/c1-4-11-8(3)14(17)9-6-13(18-5-2)10(15)7-12(9)16-11/h6-7H,4-5H2,1-3H3,(H,16,17). The van der Waals surface area contributed by atoms with Gasteiger partial charge >= 0.3 is 0 Å². The predicted octanol–water partition coefficient (Wildman–Crippen LogP) is 2.94. The van der Waals surface area contributed by atoms with E-state index in [1.54, 1.807) is 13.8 Å². The third kappa shape index (κ3) is 1.98. The van der Waals surface area contributed by atoms with Gasteiger partial charge in [0.1, 0.15) is 0 Å².